The van der Waals surface area contributed by atoms with E-state index in [-0.39, 0.29) is 0 Å². The molecule has 0 atom stereocenters. The summed E-state index contributed by atoms with van der Waals surface area (Å²) in [6.07, 6.45) is 1.93. The van der Waals surface area contributed by atoms with E-state index < -0.39 is 0 Å². The predicted octanol–water partition coefficient (Wildman–Crippen LogP) is 4.12. The van der Waals surface area contributed by atoms with E-state index in [2.05, 4.69) is 13.0 Å². The van der Waals surface area contributed by atoms with E-state index in [1.54, 1.807) is 0 Å². The maximum absolute atomic E-state index is 5.85. The lowest BCUT2D eigenvalue weighted by molar-refractivity contribution is 0.266. The van der Waals surface area contributed by atoms with Crippen LogP contribution in [0.4, 0.5) is 5.69 Å². The molecule has 3 heteroatoms. The molecule has 0 radical (unpaired) electrons. The molecule has 0 aliphatic carbocycles. The lowest BCUT2D eigenvalue weighted by atomic mass is 10.2. The molecule has 2 N–H and O–H groups in total. The van der Waals surface area contributed by atoms with Gasteiger partial charge in [0.25, 0.3) is 0 Å². The molecule has 0 spiro atoms. The number of nitrogens with two attached hydrogens (primary N) is 1. The number of unbranched alkanes of at least 4 members (excludes halogenated alkanes) is 1. The number of nitrogen functional groups attached to an aromatic ring is 1. The molecule has 112 valence electrons. The molecule has 0 bridgehead atoms. The molecular weight excluding hydrogens is 262 g/mol. The average Bonchev–Trinajstić information content (AvgIpc) is 2.46. The average molecular weight is 285 g/mol. The van der Waals surface area contributed by atoms with Gasteiger partial charge in [-0.2, -0.15) is 0 Å². The second kappa shape index (κ2) is 7.58. The fraction of sp³-hybridized carbons (Fsp3) is 0.333. The van der Waals surface area contributed by atoms with E-state index in [4.69, 9.17) is 15.2 Å². The summed E-state index contributed by atoms with van der Waals surface area (Å²) in [6.45, 7) is 5.44. The van der Waals surface area contributed by atoms with Crippen LogP contribution in [0.2, 0.25) is 0 Å². The van der Waals surface area contributed by atoms with Crippen LogP contribution in [0.15, 0.2) is 42.5 Å². The highest BCUT2D eigenvalue weighted by atomic mass is 16.5. The Labute approximate surface area is 126 Å². The van der Waals surface area contributed by atoms with E-state index in [1.165, 1.54) is 5.56 Å². The Hall–Kier alpha value is -2.16. The topological polar surface area (TPSA) is 44.5 Å². The second-order valence-corrected chi connectivity index (χ2v) is 5.24. The van der Waals surface area contributed by atoms with Gasteiger partial charge in [-0.3, -0.25) is 0 Å². The van der Waals surface area contributed by atoms with Crippen molar-refractivity contribution in [3.63, 3.8) is 0 Å². The van der Waals surface area contributed by atoms with Gasteiger partial charge in [0.1, 0.15) is 11.5 Å². The van der Waals surface area contributed by atoms with Crippen molar-refractivity contribution in [3.8, 4) is 11.5 Å². The smallest absolute Gasteiger partial charge is 0.121 e. The van der Waals surface area contributed by atoms with Crippen molar-refractivity contribution in [2.75, 3.05) is 18.9 Å². The monoisotopic (exact) mass is 285 g/mol. The third-order valence-corrected chi connectivity index (χ3v) is 3.32. The summed E-state index contributed by atoms with van der Waals surface area (Å²) in [6, 6.07) is 13.9. The summed E-state index contributed by atoms with van der Waals surface area (Å²) in [5.74, 6) is 1.76. The van der Waals surface area contributed by atoms with Gasteiger partial charge in [0.05, 0.1) is 13.2 Å². The van der Waals surface area contributed by atoms with E-state index in [0.29, 0.717) is 13.2 Å². The Morgan fingerprint density at radius 3 is 2.14 bits per heavy atom. The van der Waals surface area contributed by atoms with Crippen LogP contribution >= 0.6 is 0 Å². The van der Waals surface area contributed by atoms with E-state index >= 15 is 0 Å². The van der Waals surface area contributed by atoms with Gasteiger partial charge >= 0.3 is 0 Å². The normalized spacial score (nSPS) is 10.4. The lowest BCUT2D eigenvalue weighted by Crippen LogP contribution is -2.03. The molecule has 0 saturated carbocycles. The molecule has 0 aliphatic rings. The van der Waals surface area contributed by atoms with Crippen molar-refractivity contribution in [1.82, 2.24) is 0 Å². The Morgan fingerprint density at radius 1 is 0.857 bits per heavy atom. The highest BCUT2D eigenvalue weighted by Gasteiger charge is 1.98. The van der Waals surface area contributed by atoms with Crippen LogP contribution in [0.3, 0.4) is 0 Å². The molecular formula is C18H23NO2. The highest BCUT2D eigenvalue weighted by molar-refractivity contribution is 5.50. The molecule has 2 aromatic rings. The minimum atomic E-state index is 0.680. The predicted molar refractivity (Wildman–Crippen MR) is 87.0 cm³/mol. The SMILES string of the molecule is Cc1cccc(OCCCCOc2ccc(C)c(N)c2)c1. The summed E-state index contributed by atoms with van der Waals surface area (Å²) in [5.41, 5.74) is 8.92. The van der Waals surface area contributed by atoms with Crippen molar-refractivity contribution < 1.29 is 9.47 Å². The fourth-order valence-electron chi connectivity index (χ4n) is 2.00. The zero-order valence-electron chi connectivity index (χ0n) is 12.8. The number of hydrogen-bond donors (Lipinski definition) is 1. The zero-order valence-corrected chi connectivity index (χ0v) is 12.8. The first-order valence-corrected chi connectivity index (χ1v) is 7.33. The summed E-state index contributed by atoms with van der Waals surface area (Å²) in [4.78, 5) is 0. The minimum Gasteiger partial charge on any atom is -0.494 e. The first-order chi connectivity index (χ1) is 10.1. The molecule has 2 rings (SSSR count). The number of anilines is 1. The third kappa shape index (κ3) is 5.03. The number of benzene rings is 2. The lowest BCUT2D eigenvalue weighted by Gasteiger charge is -2.09. The Morgan fingerprint density at radius 2 is 1.52 bits per heavy atom. The summed E-state index contributed by atoms with van der Waals surface area (Å²) < 4.78 is 11.4. The van der Waals surface area contributed by atoms with Crippen LogP contribution < -0.4 is 15.2 Å². The second-order valence-electron chi connectivity index (χ2n) is 5.24. The van der Waals surface area contributed by atoms with Gasteiger partial charge in [-0.15, -0.1) is 0 Å². The quantitative estimate of drug-likeness (QED) is 0.614. The first kappa shape index (κ1) is 15.2. The number of aryl methyl sites for hydroxylation is 2. The molecule has 0 fully saturated rings. The third-order valence-electron chi connectivity index (χ3n) is 3.32. The molecule has 0 saturated heterocycles. The van der Waals surface area contributed by atoms with Gasteiger partial charge in [0, 0.05) is 11.8 Å². The molecule has 0 aromatic heterocycles. The minimum absolute atomic E-state index is 0.680. The van der Waals surface area contributed by atoms with Gasteiger partial charge in [0.2, 0.25) is 0 Å². The van der Waals surface area contributed by atoms with Gasteiger partial charge in [-0.25, -0.2) is 0 Å². The van der Waals surface area contributed by atoms with Crippen molar-refractivity contribution in [3.05, 3.63) is 53.6 Å². The van der Waals surface area contributed by atoms with Gasteiger partial charge < -0.3 is 15.2 Å². The van der Waals surface area contributed by atoms with Crippen LogP contribution in [-0.4, -0.2) is 13.2 Å². The molecule has 0 unspecified atom stereocenters. The first-order valence-electron chi connectivity index (χ1n) is 7.33. The highest BCUT2D eigenvalue weighted by Crippen LogP contribution is 2.19. The van der Waals surface area contributed by atoms with Crippen LogP contribution in [0, 0.1) is 13.8 Å². The van der Waals surface area contributed by atoms with Crippen LogP contribution in [0.5, 0.6) is 11.5 Å². The Bertz CT molecular complexity index is 581. The Balaban J connectivity index is 1.63. The zero-order chi connectivity index (χ0) is 15.1. The van der Waals surface area contributed by atoms with Crippen molar-refractivity contribution in [1.29, 1.82) is 0 Å². The van der Waals surface area contributed by atoms with E-state index in [0.717, 1.165) is 35.6 Å². The summed E-state index contributed by atoms with van der Waals surface area (Å²) >= 11 is 0. The maximum Gasteiger partial charge on any atom is 0.121 e. The molecule has 0 amide bonds. The molecule has 21 heavy (non-hydrogen) atoms. The van der Waals surface area contributed by atoms with Crippen LogP contribution in [0.25, 0.3) is 0 Å². The van der Waals surface area contributed by atoms with Crippen molar-refractivity contribution >= 4 is 5.69 Å². The summed E-state index contributed by atoms with van der Waals surface area (Å²) in [5, 5.41) is 0. The van der Waals surface area contributed by atoms with Crippen molar-refractivity contribution in [2.24, 2.45) is 0 Å². The van der Waals surface area contributed by atoms with Crippen LogP contribution in [-0.2, 0) is 0 Å². The largest absolute Gasteiger partial charge is 0.494 e. The molecule has 0 aliphatic heterocycles. The van der Waals surface area contributed by atoms with Gasteiger partial charge in [0.15, 0.2) is 0 Å². The van der Waals surface area contributed by atoms with E-state index in [9.17, 15) is 0 Å². The summed E-state index contributed by atoms with van der Waals surface area (Å²) in [7, 11) is 0. The van der Waals surface area contributed by atoms with Crippen LogP contribution in [0.1, 0.15) is 24.0 Å². The number of hydrogen-bond acceptors (Lipinski definition) is 3. The number of rotatable bonds is 7. The molecule has 2 aromatic carbocycles. The Kier molecular flexibility index (Phi) is 5.50. The molecule has 0 heterocycles. The van der Waals surface area contributed by atoms with Gasteiger partial charge in [-0.1, -0.05) is 18.2 Å². The maximum atomic E-state index is 5.85. The van der Waals surface area contributed by atoms with Crippen molar-refractivity contribution in [2.45, 2.75) is 26.7 Å². The van der Waals surface area contributed by atoms with Gasteiger partial charge in [-0.05, 0) is 56.0 Å². The standard InChI is InChI=1S/C18H23NO2/c1-14-6-5-7-16(12-14)20-10-3-4-11-21-17-9-8-15(2)18(19)13-17/h5-9,12-13H,3-4,10-11,19H2,1-2H3. The number of ether oxygens (including phenoxy) is 2. The fourth-order valence-corrected chi connectivity index (χ4v) is 2.00. The van der Waals surface area contributed by atoms with E-state index in [1.807, 2.05) is 43.3 Å². The molecule has 3 nitrogen and oxygen atoms in total.